The zero-order chi connectivity index (χ0) is 13.6. The molecule has 20 heavy (non-hydrogen) atoms. The molecule has 0 spiro atoms. The number of rotatable bonds is 4. The third-order valence-corrected chi connectivity index (χ3v) is 4.35. The lowest BCUT2D eigenvalue weighted by atomic mass is 10.2. The maximum atomic E-state index is 3.52. The summed E-state index contributed by atoms with van der Waals surface area (Å²) >= 11 is 1.81. The molecule has 0 saturated heterocycles. The minimum atomic E-state index is 0.877. The molecular formula is C18H17NS. The Hall–Kier alpha value is -1.93. The molecule has 1 N–H and O–H groups in total. The van der Waals surface area contributed by atoms with Crippen molar-refractivity contribution in [3.05, 3.63) is 89.0 Å². The molecule has 0 bridgehead atoms. The highest BCUT2D eigenvalue weighted by atomic mass is 32.2. The number of nitrogens with one attached hydrogen (secondary N) is 1. The summed E-state index contributed by atoms with van der Waals surface area (Å²) in [5.41, 5.74) is 2.61. The maximum absolute atomic E-state index is 3.52. The molecule has 1 nitrogen and oxygen atoms in total. The summed E-state index contributed by atoms with van der Waals surface area (Å²) in [7, 11) is 0. The van der Waals surface area contributed by atoms with Crippen molar-refractivity contribution in [2.45, 2.75) is 13.0 Å². The molecule has 2 aromatic rings. The van der Waals surface area contributed by atoms with Crippen LogP contribution in [0.2, 0.25) is 0 Å². The lowest BCUT2D eigenvalue weighted by Gasteiger charge is -2.16. The van der Waals surface area contributed by atoms with Gasteiger partial charge in [-0.3, -0.25) is 0 Å². The smallest absolute Gasteiger partial charge is 0.0695 e. The lowest BCUT2D eigenvalue weighted by Crippen LogP contribution is -2.11. The minimum Gasteiger partial charge on any atom is -0.376 e. The largest absolute Gasteiger partial charge is 0.376 e. The topological polar surface area (TPSA) is 12.0 Å². The van der Waals surface area contributed by atoms with Crippen LogP contribution in [0.3, 0.4) is 0 Å². The fraction of sp³-hybridized carbons (Fsp3) is 0.111. The Labute approximate surface area is 124 Å². The van der Waals surface area contributed by atoms with Crippen LogP contribution in [0.25, 0.3) is 4.91 Å². The van der Waals surface area contributed by atoms with Gasteiger partial charge in [-0.05, 0) is 17.5 Å². The van der Waals surface area contributed by atoms with E-state index in [0.29, 0.717) is 0 Å². The van der Waals surface area contributed by atoms with Crippen molar-refractivity contribution in [1.29, 1.82) is 0 Å². The van der Waals surface area contributed by atoms with Gasteiger partial charge in [0.2, 0.25) is 0 Å². The summed E-state index contributed by atoms with van der Waals surface area (Å²) in [5.74, 6) is 0. The fourth-order valence-electron chi connectivity index (χ4n) is 2.15. The Balaban J connectivity index is 1.61. The summed E-state index contributed by atoms with van der Waals surface area (Å²) in [6, 6.07) is 21.1. The number of benzene rings is 2. The van der Waals surface area contributed by atoms with Crippen molar-refractivity contribution >= 4 is 16.7 Å². The third kappa shape index (κ3) is 3.34. The van der Waals surface area contributed by atoms with Crippen LogP contribution in [0, 0.1) is 0 Å². The summed E-state index contributed by atoms with van der Waals surface area (Å²) in [6.45, 7) is 0.877. The number of hydrogen-bond acceptors (Lipinski definition) is 2. The average molecular weight is 279 g/mol. The van der Waals surface area contributed by atoms with Gasteiger partial charge in [0.15, 0.2) is 0 Å². The van der Waals surface area contributed by atoms with Gasteiger partial charge in [-0.2, -0.15) is 0 Å². The van der Waals surface area contributed by atoms with Gasteiger partial charge in [0.25, 0.3) is 0 Å². The van der Waals surface area contributed by atoms with Gasteiger partial charge in [0.1, 0.15) is 0 Å². The van der Waals surface area contributed by atoms with Crippen molar-refractivity contribution in [1.82, 2.24) is 5.32 Å². The van der Waals surface area contributed by atoms with Gasteiger partial charge in [-0.25, -0.2) is 0 Å². The van der Waals surface area contributed by atoms with Crippen LogP contribution in [0.15, 0.2) is 77.8 Å². The number of allylic oxidation sites excluding steroid dienone is 2. The molecule has 2 aromatic carbocycles. The summed E-state index contributed by atoms with van der Waals surface area (Å²) in [4.78, 5) is 1.34. The zero-order valence-corrected chi connectivity index (χ0v) is 12.1. The second kappa shape index (κ2) is 6.49. The standard InChI is InChI=1S/C18H17NS/c1-3-8-15(9-4-1)14-19-18-13-7-12-17(20-18)16-10-5-2-6-11-16/h1-6,8-13,19H,7,14H2. The van der Waals surface area contributed by atoms with Crippen molar-refractivity contribution in [2.24, 2.45) is 0 Å². The van der Waals surface area contributed by atoms with Crippen LogP contribution in [0.5, 0.6) is 0 Å². The molecule has 0 saturated carbocycles. The van der Waals surface area contributed by atoms with E-state index in [4.69, 9.17) is 0 Å². The highest BCUT2D eigenvalue weighted by Gasteiger charge is 2.09. The first-order valence-corrected chi connectivity index (χ1v) is 7.65. The van der Waals surface area contributed by atoms with E-state index in [0.717, 1.165) is 13.0 Å². The predicted octanol–water partition coefficient (Wildman–Crippen LogP) is 4.80. The van der Waals surface area contributed by atoms with Crippen molar-refractivity contribution in [2.75, 3.05) is 0 Å². The van der Waals surface area contributed by atoms with E-state index in [2.05, 4.69) is 72.1 Å². The Morgan fingerprint density at radius 3 is 2.30 bits per heavy atom. The molecule has 0 unspecified atom stereocenters. The molecule has 1 heterocycles. The average Bonchev–Trinajstić information content (AvgIpc) is 2.55. The molecule has 0 amide bonds. The van der Waals surface area contributed by atoms with E-state index in [-0.39, 0.29) is 0 Å². The quantitative estimate of drug-likeness (QED) is 0.863. The lowest BCUT2D eigenvalue weighted by molar-refractivity contribution is 0.852. The Morgan fingerprint density at radius 1 is 0.850 bits per heavy atom. The van der Waals surface area contributed by atoms with Gasteiger partial charge in [0.05, 0.1) is 5.03 Å². The van der Waals surface area contributed by atoms with Crippen molar-refractivity contribution < 1.29 is 0 Å². The van der Waals surface area contributed by atoms with Gasteiger partial charge in [0, 0.05) is 11.4 Å². The van der Waals surface area contributed by atoms with Crippen LogP contribution in [0.4, 0.5) is 0 Å². The van der Waals surface area contributed by atoms with Crippen LogP contribution >= 0.6 is 11.8 Å². The molecule has 0 aliphatic carbocycles. The molecule has 100 valence electrons. The molecule has 0 atom stereocenters. The second-order valence-electron chi connectivity index (χ2n) is 4.68. The fourth-order valence-corrected chi connectivity index (χ4v) is 3.14. The molecule has 0 aromatic heterocycles. The summed E-state index contributed by atoms with van der Waals surface area (Å²) < 4.78 is 0. The van der Waals surface area contributed by atoms with E-state index in [9.17, 15) is 0 Å². The molecule has 0 fully saturated rings. The summed E-state index contributed by atoms with van der Waals surface area (Å²) in [5, 5.41) is 4.77. The van der Waals surface area contributed by atoms with Crippen LogP contribution in [-0.2, 0) is 6.54 Å². The number of hydrogen-bond donors (Lipinski definition) is 1. The SMILES string of the molecule is C1=C(NCc2ccccc2)SC(c2ccccc2)=CC1. The van der Waals surface area contributed by atoms with E-state index in [1.165, 1.54) is 21.1 Å². The maximum Gasteiger partial charge on any atom is 0.0695 e. The molecular weight excluding hydrogens is 262 g/mol. The van der Waals surface area contributed by atoms with Crippen LogP contribution < -0.4 is 5.32 Å². The van der Waals surface area contributed by atoms with E-state index in [1.54, 1.807) is 0 Å². The predicted molar refractivity (Wildman–Crippen MR) is 88.0 cm³/mol. The van der Waals surface area contributed by atoms with Gasteiger partial charge >= 0.3 is 0 Å². The van der Waals surface area contributed by atoms with E-state index >= 15 is 0 Å². The monoisotopic (exact) mass is 279 g/mol. The normalized spacial score (nSPS) is 14.4. The van der Waals surface area contributed by atoms with Crippen LogP contribution in [-0.4, -0.2) is 0 Å². The van der Waals surface area contributed by atoms with E-state index in [1.807, 2.05) is 17.8 Å². The van der Waals surface area contributed by atoms with Crippen LogP contribution in [0.1, 0.15) is 17.5 Å². The van der Waals surface area contributed by atoms with Gasteiger partial charge in [-0.15, -0.1) is 0 Å². The first-order valence-electron chi connectivity index (χ1n) is 6.83. The number of thioether (sulfide) groups is 1. The highest BCUT2D eigenvalue weighted by Crippen LogP contribution is 2.36. The molecule has 2 heteroatoms. The van der Waals surface area contributed by atoms with Gasteiger partial charge in [-0.1, -0.05) is 84.6 Å². The Morgan fingerprint density at radius 2 is 1.55 bits per heavy atom. The Bertz CT molecular complexity index is 614. The minimum absolute atomic E-state index is 0.877. The zero-order valence-electron chi connectivity index (χ0n) is 11.3. The molecule has 3 rings (SSSR count). The molecule has 1 aliphatic rings. The molecule has 1 aliphatic heterocycles. The second-order valence-corrected chi connectivity index (χ2v) is 5.76. The van der Waals surface area contributed by atoms with Crippen molar-refractivity contribution in [3.8, 4) is 0 Å². The Kier molecular flexibility index (Phi) is 4.24. The first-order chi connectivity index (χ1) is 9.92. The molecule has 0 radical (unpaired) electrons. The van der Waals surface area contributed by atoms with Crippen molar-refractivity contribution in [3.63, 3.8) is 0 Å². The van der Waals surface area contributed by atoms with E-state index < -0.39 is 0 Å². The van der Waals surface area contributed by atoms with Gasteiger partial charge < -0.3 is 5.32 Å². The highest BCUT2D eigenvalue weighted by molar-refractivity contribution is 8.11. The first kappa shape index (κ1) is 13.1. The summed E-state index contributed by atoms with van der Waals surface area (Å²) in [6.07, 6.45) is 5.53. The third-order valence-electron chi connectivity index (χ3n) is 3.19.